The van der Waals surface area contributed by atoms with Crippen LogP contribution in [-0.2, 0) is 0 Å². The van der Waals surface area contributed by atoms with Crippen LogP contribution in [0.3, 0.4) is 0 Å². The van der Waals surface area contributed by atoms with Crippen molar-refractivity contribution < 1.29 is 9.90 Å². The largest absolute Gasteiger partial charge is 0.391 e. The number of aromatic amines is 1. The molecule has 0 aliphatic heterocycles. The fraction of sp³-hybridized carbons (Fsp3) is 0.471. The Hall–Kier alpha value is -1.65. The van der Waals surface area contributed by atoms with E-state index in [2.05, 4.69) is 4.98 Å². The lowest BCUT2D eigenvalue weighted by molar-refractivity contribution is 0.0322. The molecule has 4 nitrogen and oxygen atoms in total. The maximum Gasteiger partial charge on any atom is 0.178 e. The maximum atomic E-state index is 12.5. The first-order valence-electron chi connectivity index (χ1n) is 7.64. The molecule has 1 aromatic heterocycles. The van der Waals surface area contributed by atoms with Crippen LogP contribution in [-0.4, -0.2) is 46.5 Å². The Morgan fingerprint density at radius 2 is 2.10 bits per heavy atom. The molecule has 1 fully saturated rings. The molecule has 0 saturated heterocycles. The number of aromatic nitrogens is 1. The first kappa shape index (κ1) is 14.3. The SMILES string of the molecule is CN(CC(=O)c1c[nH]c2ccccc12)C1CCCCC1O. The van der Waals surface area contributed by atoms with Crippen LogP contribution in [0.5, 0.6) is 0 Å². The van der Waals surface area contributed by atoms with Crippen LogP contribution in [0.4, 0.5) is 0 Å². The zero-order valence-electron chi connectivity index (χ0n) is 12.4. The van der Waals surface area contributed by atoms with E-state index in [1.165, 1.54) is 0 Å². The van der Waals surface area contributed by atoms with Gasteiger partial charge in [0.15, 0.2) is 5.78 Å². The van der Waals surface area contributed by atoms with Crippen molar-refractivity contribution in [2.24, 2.45) is 0 Å². The van der Waals surface area contributed by atoms with E-state index in [1.54, 1.807) is 6.20 Å². The number of carbonyl (C=O) groups is 1. The number of nitrogens with zero attached hydrogens (tertiary/aromatic N) is 1. The van der Waals surface area contributed by atoms with Gasteiger partial charge in [0.05, 0.1) is 12.6 Å². The predicted molar refractivity (Wildman–Crippen MR) is 83.5 cm³/mol. The second-order valence-electron chi connectivity index (χ2n) is 6.01. The average molecular weight is 286 g/mol. The summed E-state index contributed by atoms with van der Waals surface area (Å²) in [6, 6.07) is 7.95. The standard InChI is InChI=1S/C17H22N2O2/c1-19(15-8-4-5-9-16(15)20)11-17(21)13-10-18-14-7-3-2-6-12(13)14/h2-3,6-7,10,15-16,18,20H,4-5,8-9,11H2,1H3. The van der Waals surface area contributed by atoms with Crippen LogP contribution in [0.15, 0.2) is 30.5 Å². The van der Waals surface area contributed by atoms with Gasteiger partial charge in [0, 0.05) is 28.7 Å². The van der Waals surface area contributed by atoms with Crippen molar-refractivity contribution in [2.45, 2.75) is 37.8 Å². The lowest BCUT2D eigenvalue weighted by Gasteiger charge is -2.34. The number of para-hydroxylation sites is 1. The minimum atomic E-state index is -0.306. The van der Waals surface area contributed by atoms with Gasteiger partial charge in [-0.2, -0.15) is 0 Å². The van der Waals surface area contributed by atoms with E-state index >= 15 is 0 Å². The van der Waals surface area contributed by atoms with Crippen LogP contribution in [0.1, 0.15) is 36.0 Å². The highest BCUT2D eigenvalue weighted by Gasteiger charge is 2.28. The van der Waals surface area contributed by atoms with Crippen molar-refractivity contribution in [1.82, 2.24) is 9.88 Å². The predicted octanol–water partition coefficient (Wildman–Crippen LogP) is 2.59. The van der Waals surface area contributed by atoms with E-state index in [0.29, 0.717) is 6.54 Å². The molecule has 1 aliphatic carbocycles. The van der Waals surface area contributed by atoms with Crippen molar-refractivity contribution in [3.8, 4) is 0 Å². The number of hydrogen-bond donors (Lipinski definition) is 2. The van der Waals surface area contributed by atoms with E-state index in [1.807, 2.05) is 36.2 Å². The lowest BCUT2D eigenvalue weighted by Crippen LogP contribution is -2.45. The number of likely N-dealkylation sites (N-methyl/N-ethyl adjacent to an activating group) is 1. The van der Waals surface area contributed by atoms with Gasteiger partial charge in [-0.25, -0.2) is 0 Å². The molecule has 1 heterocycles. The Bertz CT molecular complexity index is 635. The van der Waals surface area contributed by atoms with Gasteiger partial charge in [-0.15, -0.1) is 0 Å². The molecular formula is C17H22N2O2. The summed E-state index contributed by atoms with van der Waals surface area (Å²) in [6.07, 6.45) is 5.52. The second kappa shape index (κ2) is 6.00. The number of carbonyl (C=O) groups excluding carboxylic acids is 1. The molecule has 0 amide bonds. The topological polar surface area (TPSA) is 56.3 Å². The lowest BCUT2D eigenvalue weighted by atomic mass is 9.91. The Kier molecular flexibility index (Phi) is 4.08. The molecule has 0 bridgehead atoms. The van der Waals surface area contributed by atoms with Gasteiger partial charge >= 0.3 is 0 Å². The molecule has 2 unspecified atom stereocenters. The number of ketones is 1. The minimum absolute atomic E-state index is 0.104. The molecule has 0 radical (unpaired) electrons. The summed E-state index contributed by atoms with van der Waals surface area (Å²) in [5.41, 5.74) is 1.73. The van der Waals surface area contributed by atoms with Gasteiger partial charge in [-0.3, -0.25) is 9.69 Å². The monoisotopic (exact) mass is 286 g/mol. The molecule has 1 aromatic carbocycles. The smallest absolute Gasteiger partial charge is 0.178 e. The molecular weight excluding hydrogens is 264 g/mol. The van der Waals surface area contributed by atoms with Crippen LogP contribution in [0, 0.1) is 0 Å². The van der Waals surface area contributed by atoms with Crippen LogP contribution in [0.2, 0.25) is 0 Å². The molecule has 2 N–H and O–H groups in total. The summed E-state index contributed by atoms with van der Waals surface area (Å²) in [7, 11) is 1.94. The highest BCUT2D eigenvalue weighted by molar-refractivity contribution is 6.08. The van der Waals surface area contributed by atoms with Crippen LogP contribution < -0.4 is 0 Å². The highest BCUT2D eigenvalue weighted by atomic mass is 16.3. The summed E-state index contributed by atoms with van der Waals surface area (Å²) in [6.45, 7) is 0.351. The highest BCUT2D eigenvalue weighted by Crippen LogP contribution is 2.23. The number of benzene rings is 1. The third kappa shape index (κ3) is 2.87. The zero-order chi connectivity index (χ0) is 14.8. The number of nitrogens with one attached hydrogen (secondary N) is 1. The van der Waals surface area contributed by atoms with E-state index in [4.69, 9.17) is 0 Å². The maximum absolute atomic E-state index is 12.5. The fourth-order valence-electron chi connectivity index (χ4n) is 3.34. The molecule has 4 heteroatoms. The van der Waals surface area contributed by atoms with E-state index in [9.17, 15) is 9.90 Å². The van der Waals surface area contributed by atoms with Crippen molar-refractivity contribution in [3.05, 3.63) is 36.0 Å². The van der Waals surface area contributed by atoms with E-state index in [0.717, 1.165) is 42.1 Å². The third-order valence-electron chi connectivity index (χ3n) is 4.54. The van der Waals surface area contributed by atoms with Crippen molar-refractivity contribution in [3.63, 3.8) is 0 Å². The molecule has 21 heavy (non-hydrogen) atoms. The molecule has 3 rings (SSSR count). The zero-order valence-corrected chi connectivity index (χ0v) is 12.4. The van der Waals surface area contributed by atoms with E-state index < -0.39 is 0 Å². The number of fused-ring (bicyclic) bond motifs is 1. The number of hydrogen-bond acceptors (Lipinski definition) is 3. The molecule has 1 aliphatic rings. The van der Waals surface area contributed by atoms with E-state index in [-0.39, 0.29) is 17.9 Å². The number of aliphatic hydroxyl groups is 1. The number of Topliss-reactive ketones (excluding diaryl/α,β-unsaturated/α-hetero) is 1. The summed E-state index contributed by atoms with van der Waals surface area (Å²) in [4.78, 5) is 17.7. The van der Waals surface area contributed by atoms with Crippen molar-refractivity contribution in [1.29, 1.82) is 0 Å². The molecule has 0 spiro atoms. The summed E-state index contributed by atoms with van der Waals surface area (Å²) < 4.78 is 0. The normalized spacial score (nSPS) is 22.8. The Labute approximate surface area is 124 Å². The summed E-state index contributed by atoms with van der Waals surface area (Å²) in [5.74, 6) is 0.104. The van der Waals surface area contributed by atoms with Gasteiger partial charge in [0.1, 0.15) is 0 Å². The van der Waals surface area contributed by atoms with Gasteiger partial charge < -0.3 is 10.1 Å². The number of rotatable bonds is 4. The molecule has 1 saturated carbocycles. The third-order valence-corrected chi connectivity index (χ3v) is 4.54. The number of aliphatic hydroxyl groups excluding tert-OH is 1. The second-order valence-corrected chi connectivity index (χ2v) is 6.01. The average Bonchev–Trinajstić information content (AvgIpc) is 2.91. The Balaban J connectivity index is 1.73. The molecule has 2 atom stereocenters. The first-order chi connectivity index (χ1) is 10.2. The van der Waals surface area contributed by atoms with Crippen LogP contribution >= 0.6 is 0 Å². The summed E-state index contributed by atoms with van der Waals surface area (Å²) in [5, 5.41) is 11.1. The van der Waals surface area contributed by atoms with Crippen LogP contribution in [0.25, 0.3) is 10.9 Å². The molecule has 2 aromatic rings. The fourth-order valence-corrected chi connectivity index (χ4v) is 3.34. The molecule has 112 valence electrons. The van der Waals surface area contributed by atoms with Crippen molar-refractivity contribution in [2.75, 3.05) is 13.6 Å². The van der Waals surface area contributed by atoms with Gasteiger partial charge in [-0.1, -0.05) is 31.0 Å². The first-order valence-corrected chi connectivity index (χ1v) is 7.64. The van der Waals surface area contributed by atoms with Gasteiger partial charge in [0.25, 0.3) is 0 Å². The van der Waals surface area contributed by atoms with Gasteiger partial charge in [0.2, 0.25) is 0 Å². The minimum Gasteiger partial charge on any atom is -0.391 e. The Morgan fingerprint density at radius 3 is 2.90 bits per heavy atom. The van der Waals surface area contributed by atoms with Crippen molar-refractivity contribution >= 4 is 16.7 Å². The van der Waals surface area contributed by atoms with Gasteiger partial charge in [-0.05, 0) is 26.0 Å². The quantitative estimate of drug-likeness (QED) is 0.849. The number of H-pyrrole nitrogens is 1. The summed E-state index contributed by atoms with van der Waals surface area (Å²) >= 11 is 0. The Morgan fingerprint density at radius 1 is 1.33 bits per heavy atom.